The molecule has 0 aromatic heterocycles. The van der Waals surface area contributed by atoms with Gasteiger partial charge in [-0.1, -0.05) is 0 Å². The predicted octanol–water partition coefficient (Wildman–Crippen LogP) is 1.18. The average Bonchev–Trinajstić information content (AvgIpc) is 1.68. The molecule has 0 aliphatic carbocycles. The van der Waals surface area contributed by atoms with Crippen LogP contribution in [0.3, 0.4) is 0 Å². The van der Waals surface area contributed by atoms with Crippen molar-refractivity contribution in [3.05, 3.63) is 0 Å². The van der Waals surface area contributed by atoms with Gasteiger partial charge in [0, 0.05) is 12.6 Å². The molecule has 43 valence electrons. The monoisotopic (exact) mass is 157 g/mol. The van der Waals surface area contributed by atoms with E-state index < -0.39 is 8.11 Å². The van der Waals surface area contributed by atoms with E-state index in [-0.39, 0.29) is 0 Å². The molecular weight excluding hydrogens is 151 g/mol. The first-order valence-electron chi connectivity index (χ1n) is 1.86. The molecule has 1 nitrogen and oxygen atoms in total. The smallest absolute Gasteiger partial charge is 0.208 e. The van der Waals surface area contributed by atoms with E-state index in [0.29, 0.717) is 11.7 Å². The zero-order chi connectivity index (χ0) is 5.70. The van der Waals surface area contributed by atoms with E-state index in [4.69, 9.17) is 27.4 Å². The van der Waals surface area contributed by atoms with E-state index >= 15 is 0 Å². The van der Waals surface area contributed by atoms with Gasteiger partial charge in [-0.25, -0.2) is 0 Å². The molecule has 7 heavy (non-hydrogen) atoms. The Morgan fingerprint density at radius 3 is 2.43 bits per heavy atom. The number of hydrogen-bond donors (Lipinski definition) is 0. The van der Waals surface area contributed by atoms with Crippen LogP contribution in [-0.2, 0) is 4.74 Å². The third-order valence-corrected chi connectivity index (χ3v) is 3.44. The van der Waals surface area contributed by atoms with Crippen LogP contribution in [0.25, 0.3) is 0 Å². The largest absolute Gasteiger partial charge is 0.387 e. The quantitative estimate of drug-likeness (QED) is 0.340. The van der Waals surface area contributed by atoms with Crippen molar-refractivity contribution in [2.24, 2.45) is 0 Å². The topological polar surface area (TPSA) is 9.23 Å². The van der Waals surface area contributed by atoms with Crippen molar-refractivity contribution in [2.75, 3.05) is 18.8 Å². The molecule has 0 amide bonds. The highest BCUT2D eigenvalue weighted by atomic mass is 35.6. The lowest BCUT2D eigenvalue weighted by Gasteiger charge is -1.96. The second-order valence-corrected chi connectivity index (χ2v) is 5.08. The van der Waals surface area contributed by atoms with Crippen molar-refractivity contribution >= 4 is 30.8 Å². The van der Waals surface area contributed by atoms with Gasteiger partial charge in [-0.2, -0.15) is 11.1 Å². The SMILES string of the molecule is COC[Si](Cl)CCl. The molecule has 0 aliphatic rings. The normalized spacial score (nSPS) is 10.3. The highest BCUT2D eigenvalue weighted by Crippen LogP contribution is 1.91. The van der Waals surface area contributed by atoms with Crippen LogP contribution >= 0.6 is 22.7 Å². The lowest BCUT2D eigenvalue weighted by molar-refractivity contribution is 0.251. The van der Waals surface area contributed by atoms with E-state index in [0.717, 1.165) is 0 Å². The molecule has 4 heteroatoms. The van der Waals surface area contributed by atoms with E-state index in [1.165, 1.54) is 0 Å². The fraction of sp³-hybridized carbons (Fsp3) is 1.00. The molecule has 0 aromatic rings. The zero-order valence-corrected chi connectivity index (χ0v) is 6.59. The molecule has 0 fully saturated rings. The number of hydrogen-bond acceptors (Lipinski definition) is 1. The van der Waals surface area contributed by atoms with Gasteiger partial charge in [0.15, 0.2) is 0 Å². The molecular formula is C3H7Cl2OSi. The highest BCUT2D eigenvalue weighted by molar-refractivity contribution is 7.09. The molecule has 1 radical (unpaired) electrons. The first-order chi connectivity index (χ1) is 3.31. The second-order valence-electron chi connectivity index (χ2n) is 1.08. The van der Waals surface area contributed by atoms with Crippen molar-refractivity contribution in [3.63, 3.8) is 0 Å². The molecule has 0 atom stereocenters. The zero-order valence-electron chi connectivity index (χ0n) is 4.08. The van der Waals surface area contributed by atoms with Gasteiger partial charge in [0.05, 0.1) is 6.23 Å². The van der Waals surface area contributed by atoms with Gasteiger partial charge in [-0.15, -0.1) is 11.6 Å². The van der Waals surface area contributed by atoms with Crippen LogP contribution in [-0.4, -0.2) is 26.9 Å². The third kappa shape index (κ3) is 4.61. The lowest BCUT2D eigenvalue weighted by atomic mass is 11.5. The summed E-state index contributed by atoms with van der Waals surface area (Å²) in [4.78, 5) is 0. The number of methoxy groups -OCH3 is 1. The molecule has 0 saturated carbocycles. The maximum absolute atomic E-state index is 5.61. The van der Waals surface area contributed by atoms with E-state index in [1.807, 2.05) is 0 Å². The van der Waals surface area contributed by atoms with Crippen molar-refractivity contribution in [3.8, 4) is 0 Å². The van der Waals surface area contributed by atoms with Gasteiger partial charge in [-0.05, 0) is 0 Å². The van der Waals surface area contributed by atoms with Crippen LogP contribution < -0.4 is 0 Å². The summed E-state index contributed by atoms with van der Waals surface area (Å²) in [6, 6.07) is 0. The molecule has 0 heterocycles. The molecule has 0 spiro atoms. The fourth-order valence-electron chi connectivity index (χ4n) is 0.195. The minimum atomic E-state index is -0.864. The predicted molar refractivity (Wildman–Crippen MR) is 34.2 cm³/mol. The molecule has 0 N–H and O–H groups in total. The Morgan fingerprint density at radius 2 is 2.29 bits per heavy atom. The highest BCUT2D eigenvalue weighted by Gasteiger charge is 2.02. The van der Waals surface area contributed by atoms with Crippen LogP contribution in [0.2, 0.25) is 0 Å². The number of alkyl halides is 1. The maximum Gasteiger partial charge on any atom is 0.208 e. The van der Waals surface area contributed by atoms with Crippen LogP contribution in [0.1, 0.15) is 0 Å². The van der Waals surface area contributed by atoms with E-state index in [1.54, 1.807) is 7.11 Å². The molecule has 0 aromatic carbocycles. The van der Waals surface area contributed by atoms with Gasteiger partial charge in [0.25, 0.3) is 0 Å². The molecule has 0 unspecified atom stereocenters. The summed E-state index contributed by atoms with van der Waals surface area (Å²) in [7, 11) is 0.760. The van der Waals surface area contributed by atoms with Gasteiger partial charge in [0.2, 0.25) is 8.11 Å². The molecule has 0 bridgehead atoms. The Morgan fingerprint density at radius 1 is 1.71 bits per heavy atom. The summed E-state index contributed by atoms with van der Waals surface area (Å²) in [5.41, 5.74) is 0.556. The average molecular weight is 158 g/mol. The van der Waals surface area contributed by atoms with Crippen molar-refractivity contribution in [1.82, 2.24) is 0 Å². The van der Waals surface area contributed by atoms with Gasteiger partial charge in [-0.3, -0.25) is 0 Å². The Kier molecular flexibility index (Phi) is 5.44. The second kappa shape index (κ2) is 4.90. The van der Waals surface area contributed by atoms with Crippen LogP contribution in [0.5, 0.6) is 0 Å². The Balaban J connectivity index is 2.83. The molecule has 0 rings (SSSR count). The summed E-state index contributed by atoms with van der Waals surface area (Å²) in [6.07, 6.45) is 0.635. The Bertz CT molecular complexity index is 43.9. The van der Waals surface area contributed by atoms with Crippen molar-refractivity contribution < 1.29 is 4.74 Å². The van der Waals surface area contributed by atoms with Gasteiger partial charge >= 0.3 is 0 Å². The van der Waals surface area contributed by atoms with Crippen molar-refractivity contribution in [2.45, 2.75) is 0 Å². The lowest BCUT2D eigenvalue weighted by Crippen LogP contribution is -2.14. The van der Waals surface area contributed by atoms with E-state index in [2.05, 4.69) is 0 Å². The maximum atomic E-state index is 5.61. The Labute approximate surface area is 54.9 Å². The molecule has 0 aliphatic heterocycles. The summed E-state index contributed by atoms with van der Waals surface area (Å²) >= 11 is 11.0. The first-order valence-corrected chi connectivity index (χ1v) is 5.32. The number of ether oxygens (including phenoxy) is 1. The van der Waals surface area contributed by atoms with Crippen molar-refractivity contribution in [1.29, 1.82) is 0 Å². The van der Waals surface area contributed by atoms with Crippen LogP contribution in [0.15, 0.2) is 0 Å². The van der Waals surface area contributed by atoms with Gasteiger partial charge < -0.3 is 4.74 Å². The summed E-state index contributed by atoms with van der Waals surface area (Å²) < 4.78 is 4.72. The van der Waals surface area contributed by atoms with Crippen LogP contribution in [0, 0.1) is 0 Å². The standard InChI is InChI=1S/C3H7Cl2OSi/c1-6-3-7(5)2-4/h2-3H2,1H3. The first kappa shape index (κ1) is 7.76. The minimum Gasteiger partial charge on any atom is -0.387 e. The Hall–Kier alpha value is 0.757. The fourth-order valence-corrected chi connectivity index (χ4v) is 1.14. The summed E-state index contributed by atoms with van der Waals surface area (Å²) in [5, 5.41) is 0. The van der Waals surface area contributed by atoms with E-state index in [9.17, 15) is 0 Å². The number of halogens is 2. The van der Waals surface area contributed by atoms with Crippen LogP contribution in [0.4, 0.5) is 0 Å². The molecule has 0 saturated heterocycles. The summed E-state index contributed by atoms with van der Waals surface area (Å²) in [6.45, 7) is 0. The third-order valence-electron chi connectivity index (χ3n) is 0.446. The van der Waals surface area contributed by atoms with Gasteiger partial charge in [0.1, 0.15) is 0 Å². The number of rotatable bonds is 3. The minimum absolute atomic E-state index is 0.556. The summed E-state index contributed by atoms with van der Waals surface area (Å²) in [5.74, 6) is 0.